The maximum absolute atomic E-state index is 12.0. The summed E-state index contributed by atoms with van der Waals surface area (Å²) in [7, 11) is 0. The molecule has 1 saturated carbocycles. The van der Waals surface area contributed by atoms with E-state index in [0.717, 1.165) is 18.4 Å². The molecule has 0 aromatic heterocycles. The number of rotatable bonds is 7. The summed E-state index contributed by atoms with van der Waals surface area (Å²) in [4.78, 5) is 12.0. The standard InChI is InChI=1S/C17H22N2O2/c1-3-17(12-18,14-8-6-5-7-9-14)19-13-16(10-11-16)15(20)21-4-2/h5-9,19H,3-4,10-11,13H2,1-2H3/t17-/m1/s1. The van der Waals surface area contributed by atoms with Crippen LogP contribution in [0, 0.1) is 16.7 Å². The van der Waals surface area contributed by atoms with Gasteiger partial charge in [-0.25, -0.2) is 0 Å². The fourth-order valence-corrected chi connectivity index (χ4v) is 2.55. The number of carbonyl (C=O) groups excluding carboxylic acids is 1. The van der Waals surface area contributed by atoms with E-state index in [1.807, 2.05) is 44.2 Å². The van der Waals surface area contributed by atoms with Crippen molar-refractivity contribution in [1.29, 1.82) is 5.26 Å². The molecule has 0 aliphatic heterocycles. The molecule has 1 aromatic rings. The van der Waals surface area contributed by atoms with Crippen LogP contribution in [0.5, 0.6) is 0 Å². The first-order valence-electron chi connectivity index (χ1n) is 7.51. The van der Waals surface area contributed by atoms with Gasteiger partial charge in [0.05, 0.1) is 18.1 Å². The molecule has 112 valence electrons. The molecule has 1 fully saturated rings. The summed E-state index contributed by atoms with van der Waals surface area (Å²) in [6.45, 7) is 4.68. The van der Waals surface area contributed by atoms with Gasteiger partial charge in [-0.05, 0) is 31.7 Å². The Balaban J connectivity index is 2.12. The minimum atomic E-state index is -0.747. The van der Waals surface area contributed by atoms with Crippen LogP contribution in [-0.2, 0) is 15.1 Å². The predicted octanol–water partition coefficient (Wildman–Crippen LogP) is 2.75. The van der Waals surface area contributed by atoms with Crippen LogP contribution in [0.25, 0.3) is 0 Å². The normalized spacial score (nSPS) is 18.3. The highest BCUT2D eigenvalue weighted by atomic mass is 16.5. The molecule has 2 rings (SSSR count). The first-order valence-corrected chi connectivity index (χ1v) is 7.51. The van der Waals surface area contributed by atoms with E-state index in [9.17, 15) is 10.1 Å². The number of nitrogens with one attached hydrogen (secondary N) is 1. The molecule has 0 heterocycles. The Kier molecular flexibility index (Phi) is 4.64. The second kappa shape index (κ2) is 6.28. The van der Waals surface area contributed by atoms with Gasteiger partial charge in [-0.3, -0.25) is 10.1 Å². The Labute approximate surface area is 126 Å². The monoisotopic (exact) mass is 286 g/mol. The first kappa shape index (κ1) is 15.5. The summed E-state index contributed by atoms with van der Waals surface area (Å²) in [5.74, 6) is -0.145. The van der Waals surface area contributed by atoms with Crippen molar-refractivity contribution >= 4 is 5.97 Å². The zero-order valence-corrected chi connectivity index (χ0v) is 12.7. The summed E-state index contributed by atoms with van der Waals surface area (Å²) in [6, 6.07) is 12.1. The molecule has 4 heteroatoms. The van der Waals surface area contributed by atoms with Crippen LogP contribution in [-0.4, -0.2) is 19.1 Å². The Bertz CT molecular complexity index is 531. The van der Waals surface area contributed by atoms with E-state index in [1.165, 1.54) is 0 Å². The number of hydrogen-bond donors (Lipinski definition) is 1. The molecule has 1 N–H and O–H groups in total. The highest BCUT2D eigenvalue weighted by Crippen LogP contribution is 2.47. The lowest BCUT2D eigenvalue weighted by Crippen LogP contribution is -2.45. The maximum Gasteiger partial charge on any atom is 0.313 e. The van der Waals surface area contributed by atoms with Crippen molar-refractivity contribution in [1.82, 2.24) is 5.32 Å². The molecule has 4 nitrogen and oxygen atoms in total. The predicted molar refractivity (Wildman–Crippen MR) is 80.3 cm³/mol. The third-order valence-electron chi connectivity index (χ3n) is 4.28. The van der Waals surface area contributed by atoms with Gasteiger partial charge >= 0.3 is 5.97 Å². The molecule has 0 spiro atoms. The van der Waals surface area contributed by atoms with E-state index in [2.05, 4.69) is 11.4 Å². The molecule has 0 amide bonds. The van der Waals surface area contributed by atoms with Crippen LogP contribution in [0.1, 0.15) is 38.7 Å². The average Bonchev–Trinajstić information content (AvgIpc) is 3.31. The van der Waals surface area contributed by atoms with Gasteiger partial charge in [-0.15, -0.1) is 0 Å². The molecule has 0 saturated heterocycles. The number of ether oxygens (including phenoxy) is 1. The van der Waals surface area contributed by atoms with Crippen molar-refractivity contribution in [3.63, 3.8) is 0 Å². The summed E-state index contributed by atoms with van der Waals surface area (Å²) < 4.78 is 5.15. The van der Waals surface area contributed by atoms with E-state index in [0.29, 0.717) is 19.6 Å². The molecule has 0 unspecified atom stereocenters. The van der Waals surface area contributed by atoms with Crippen molar-refractivity contribution in [3.05, 3.63) is 35.9 Å². The van der Waals surface area contributed by atoms with Crippen LogP contribution in [0.15, 0.2) is 30.3 Å². The number of esters is 1. The zero-order valence-electron chi connectivity index (χ0n) is 12.7. The SMILES string of the molecule is CCOC(=O)C1(CN[C@@](C#N)(CC)c2ccccc2)CC1. The second-order valence-corrected chi connectivity index (χ2v) is 5.59. The molecular formula is C17H22N2O2. The highest BCUT2D eigenvalue weighted by Gasteiger charge is 2.52. The van der Waals surface area contributed by atoms with Crippen molar-refractivity contribution in [3.8, 4) is 6.07 Å². The number of carbonyl (C=O) groups is 1. The smallest absolute Gasteiger partial charge is 0.313 e. The van der Waals surface area contributed by atoms with E-state index >= 15 is 0 Å². The van der Waals surface area contributed by atoms with E-state index < -0.39 is 11.0 Å². The third kappa shape index (κ3) is 3.08. The van der Waals surface area contributed by atoms with Crippen LogP contribution in [0.2, 0.25) is 0 Å². The van der Waals surface area contributed by atoms with Crippen LogP contribution in [0.3, 0.4) is 0 Å². The molecule has 1 atom stereocenters. The third-order valence-corrected chi connectivity index (χ3v) is 4.28. The van der Waals surface area contributed by atoms with Gasteiger partial charge < -0.3 is 4.74 Å². The van der Waals surface area contributed by atoms with Crippen molar-refractivity contribution in [2.45, 2.75) is 38.6 Å². The van der Waals surface area contributed by atoms with Crippen molar-refractivity contribution in [2.24, 2.45) is 5.41 Å². The van der Waals surface area contributed by atoms with Gasteiger partial charge in [-0.1, -0.05) is 37.3 Å². The van der Waals surface area contributed by atoms with Gasteiger partial charge in [0.1, 0.15) is 5.54 Å². The van der Waals surface area contributed by atoms with Crippen LogP contribution >= 0.6 is 0 Å². The van der Waals surface area contributed by atoms with Gasteiger partial charge in [0.25, 0.3) is 0 Å². The van der Waals surface area contributed by atoms with Crippen molar-refractivity contribution < 1.29 is 9.53 Å². The van der Waals surface area contributed by atoms with Gasteiger partial charge in [0.15, 0.2) is 0 Å². The molecule has 1 aliphatic carbocycles. The molecular weight excluding hydrogens is 264 g/mol. The summed E-state index contributed by atoms with van der Waals surface area (Å²) >= 11 is 0. The lowest BCUT2D eigenvalue weighted by atomic mass is 9.88. The Morgan fingerprint density at radius 3 is 2.52 bits per heavy atom. The zero-order chi connectivity index (χ0) is 15.3. The van der Waals surface area contributed by atoms with E-state index in [-0.39, 0.29) is 5.97 Å². The maximum atomic E-state index is 12.0. The summed E-state index contributed by atoms with van der Waals surface area (Å²) in [5, 5.41) is 13.0. The molecule has 0 bridgehead atoms. The summed E-state index contributed by atoms with van der Waals surface area (Å²) in [5.41, 5.74) is -0.236. The number of nitriles is 1. The topological polar surface area (TPSA) is 62.1 Å². The van der Waals surface area contributed by atoms with Gasteiger partial charge in [-0.2, -0.15) is 5.26 Å². The fraction of sp³-hybridized carbons (Fsp3) is 0.529. The second-order valence-electron chi connectivity index (χ2n) is 5.59. The fourth-order valence-electron chi connectivity index (χ4n) is 2.55. The number of hydrogen-bond acceptors (Lipinski definition) is 4. The molecule has 1 aromatic carbocycles. The summed E-state index contributed by atoms with van der Waals surface area (Å²) in [6.07, 6.45) is 2.31. The van der Waals surface area contributed by atoms with E-state index in [4.69, 9.17) is 4.74 Å². The average molecular weight is 286 g/mol. The Morgan fingerprint density at radius 1 is 1.38 bits per heavy atom. The quantitative estimate of drug-likeness (QED) is 0.783. The minimum absolute atomic E-state index is 0.145. The van der Waals surface area contributed by atoms with Crippen molar-refractivity contribution in [2.75, 3.05) is 13.2 Å². The molecule has 21 heavy (non-hydrogen) atoms. The largest absolute Gasteiger partial charge is 0.466 e. The first-order chi connectivity index (χ1) is 10.1. The van der Waals surface area contributed by atoms with Gasteiger partial charge in [0, 0.05) is 6.54 Å². The van der Waals surface area contributed by atoms with Crippen LogP contribution in [0.4, 0.5) is 0 Å². The van der Waals surface area contributed by atoms with Gasteiger partial charge in [0.2, 0.25) is 0 Å². The lowest BCUT2D eigenvalue weighted by molar-refractivity contribution is -0.149. The molecule has 1 aliphatic rings. The Hall–Kier alpha value is -1.86. The molecule has 0 radical (unpaired) electrons. The number of benzene rings is 1. The van der Waals surface area contributed by atoms with Crippen LogP contribution < -0.4 is 5.32 Å². The number of nitrogens with zero attached hydrogens (tertiary/aromatic N) is 1. The highest BCUT2D eigenvalue weighted by molar-refractivity contribution is 5.80. The lowest BCUT2D eigenvalue weighted by Gasteiger charge is -2.29. The Morgan fingerprint density at radius 2 is 2.05 bits per heavy atom. The van der Waals surface area contributed by atoms with E-state index in [1.54, 1.807) is 0 Å². The minimum Gasteiger partial charge on any atom is -0.466 e.